The fraction of sp³-hybridized carbons (Fsp3) is 0.105. The summed E-state index contributed by atoms with van der Waals surface area (Å²) in [6.45, 7) is 0.328. The number of benzene rings is 2. The van der Waals surface area contributed by atoms with E-state index in [1.165, 1.54) is 12.3 Å². The first-order valence-corrected chi connectivity index (χ1v) is 8.06. The lowest BCUT2D eigenvalue weighted by Crippen LogP contribution is -2.07. The van der Waals surface area contributed by atoms with Crippen LogP contribution in [-0.2, 0) is 12.7 Å². The third-order valence-electron chi connectivity index (χ3n) is 3.49. The van der Waals surface area contributed by atoms with Crippen molar-refractivity contribution in [2.45, 2.75) is 12.7 Å². The first-order valence-electron chi connectivity index (χ1n) is 7.69. The lowest BCUT2D eigenvalue weighted by atomic mass is 10.1. The highest BCUT2D eigenvalue weighted by atomic mass is 35.5. The second-order valence-corrected chi connectivity index (χ2v) is 5.95. The van der Waals surface area contributed by atoms with Crippen LogP contribution in [0.25, 0.3) is 0 Å². The zero-order valence-corrected chi connectivity index (χ0v) is 14.2. The predicted molar refractivity (Wildman–Crippen MR) is 94.5 cm³/mol. The van der Waals surface area contributed by atoms with Gasteiger partial charge in [-0.25, -0.2) is 0 Å². The minimum absolute atomic E-state index is 0.0708. The molecule has 7 heteroatoms. The molecule has 0 fully saturated rings. The number of rotatable bonds is 5. The first-order chi connectivity index (χ1) is 12.4. The Balaban J connectivity index is 1.85. The highest BCUT2D eigenvalue weighted by Gasteiger charge is 2.31. The molecule has 0 radical (unpaired) electrons. The van der Waals surface area contributed by atoms with Crippen LogP contribution in [0.3, 0.4) is 0 Å². The number of hydrogen-bond donors (Lipinski definition) is 1. The molecule has 3 rings (SSSR count). The molecule has 1 aromatic heterocycles. The Hall–Kier alpha value is -2.73. The summed E-state index contributed by atoms with van der Waals surface area (Å²) in [7, 11) is 0. The SMILES string of the molecule is FC(F)(F)c1cc(NCc2cccc(Cl)c2)cc(Oc2cccnc2)c1. The van der Waals surface area contributed by atoms with Gasteiger partial charge in [-0.15, -0.1) is 0 Å². The number of pyridine rings is 1. The number of halogens is 4. The molecule has 0 atom stereocenters. The number of hydrogen-bond acceptors (Lipinski definition) is 3. The summed E-state index contributed by atoms with van der Waals surface area (Å²) in [5, 5.41) is 3.54. The largest absolute Gasteiger partial charge is 0.456 e. The van der Waals surface area contributed by atoms with E-state index in [-0.39, 0.29) is 5.75 Å². The van der Waals surface area contributed by atoms with E-state index in [4.69, 9.17) is 16.3 Å². The summed E-state index contributed by atoms with van der Waals surface area (Å²) < 4.78 is 45.1. The molecule has 3 nitrogen and oxygen atoms in total. The highest BCUT2D eigenvalue weighted by Crippen LogP contribution is 2.35. The van der Waals surface area contributed by atoms with Gasteiger partial charge in [0.15, 0.2) is 0 Å². The van der Waals surface area contributed by atoms with E-state index < -0.39 is 11.7 Å². The van der Waals surface area contributed by atoms with Gasteiger partial charge in [0.1, 0.15) is 11.5 Å². The Kier molecular flexibility index (Phi) is 5.32. The summed E-state index contributed by atoms with van der Waals surface area (Å²) in [6, 6.07) is 13.9. The minimum atomic E-state index is -4.49. The van der Waals surface area contributed by atoms with Crippen LogP contribution in [0.2, 0.25) is 5.02 Å². The Labute approximate surface area is 153 Å². The molecule has 2 aromatic carbocycles. The van der Waals surface area contributed by atoms with Gasteiger partial charge in [0.05, 0.1) is 11.8 Å². The van der Waals surface area contributed by atoms with Crippen LogP contribution in [-0.4, -0.2) is 4.98 Å². The van der Waals surface area contributed by atoms with Crippen LogP contribution in [0.1, 0.15) is 11.1 Å². The summed E-state index contributed by atoms with van der Waals surface area (Å²) >= 11 is 5.92. The second kappa shape index (κ2) is 7.66. The lowest BCUT2D eigenvalue weighted by Gasteiger charge is -2.14. The Morgan fingerprint density at radius 1 is 1.00 bits per heavy atom. The number of nitrogens with one attached hydrogen (secondary N) is 1. The fourth-order valence-corrected chi connectivity index (χ4v) is 2.53. The van der Waals surface area contributed by atoms with Crippen LogP contribution in [0, 0.1) is 0 Å². The van der Waals surface area contributed by atoms with E-state index in [0.717, 1.165) is 17.7 Å². The quantitative estimate of drug-likeness (QED) is 0.577. The van der Waals surface area contributed by atoms with Crippen LogP contribution in [0.5, 0.6) is 11.5 Å². The predicted octanol–water partition coefficient (Wildman–Crippen LogP) is 6.16. The van der Waals surface area contributed by atoms with Crippen molar-refractivity contribution in [2.24, 2.45) is 0 Å². The Morgan fingerprint density at radius 2 is 1.85 bits per heavy atom. The fourth-order valence-electron chi connectivity index (χ4n) is 2.32. The van der Waals surface area contributed by atoms with Gasteiger partial charge in [-0.05, 0) is 42.0 Å². The van der Waals surface area contributed by atoms with E-state index >= 15 is 0 Å². The maximum atomic E-state index is 13.2. The molecule has 134 valence electrons. The van der Waals surface area contributed by atoms with Crippen molar-refractivity contribution in [3.63, 3.8) is 0 Å². The zero-order chi connectivity index (χ0) is 18.6. The van der Waals surface area contributed by atoms with Crippen LogP contribution < -0.4 is 10.1 Å². The molecular formula is C19H14ClF3N2O. The molecular weight excluding hydrogens is 365 g/mol. The molecule has 0 saturated heterocycles. The van der Waals surface area contributed by atoms with Gasteiger partial charge in [0.25, 0.3) is 0 Å². The van der Waals surface area contributed by atoms with Crippen molar-refractivity contribution < 1.29 is 17.9 Å². The van der Waals surface area contributed by atoms with Crippen LogP contribution >= 0.6 is 11.6 Å². The zero-order valence-electron chi connectivity index (χ0n) is 13.4. The standard InChI is InChI=1S/C19H14ClF3N2O/c20-15-4-1-3-13(7-15)11-25-16-8-14(19(21,22)23)9-18(10-16)26-17-5-2-6-24-12-17/h1-10,12,25H,11H2. The molecule has 0 aliphatic rings. The Bertz CT molecular complexity index is 885. The van der Waals surface area contributed by atoms with Crippen molar-refractivity contribution in [1.82, 2.24) is 4.98 Å². The number of nitrogens with zero attached hydrogens (tertiary/aromatic N) is 1. The lowest BCUT2D eigenvalue weighted by molar-refractivity contribution is -0.137. The molecule has 0 aliphatic carbocycles. The molecule has 1 heterocycles. The van der Waals surface area contributed by atoms with Gasteiger partial charge in [0, 0.05) is 29.5 Å². The molecule has 0 spiro atoms. The average molecular weight is 379 g/mol. The van der Waals surface area contributed by atoms with Gasteiger partial charge in [-0.1, -0.05) is 23.7 Å². The van der Waals surface area contributed by atoms with E-state index in [0.29, 0.717) is 23.0 Å². The van der Waals surface area contributed by atoms with Gasteiger partial charge in [-0.2, -0.15) is 13.2 Å². The monoisotopic (exact) mass is 378 g/mol. The Morgan fingerprint density at radius 3 is 2.54 bits per heavy atom. The van der Waals surface area contributed by atoms with E-state index in [1.54, 1.807) is 36.5 Å². The maximum absolute atomic E-state index is 13.2. The van der Waals surface area contributed by atoms with E-state index in [1.807, 2.05) is 6.07 Å². The van der Waals surface area contributed by atoms with Crippen molar-refractivity contribution in [3.8, 4) is 11.5 Å². The minimum Gasteiger partial charge on any atom is -0.456 e. The van der Waals surface area contributed by atoms with Gasteiger partial charge in [-0.3, -0.25) is 4.98 Å². The van der Waals surface area contributed by atoms with E-state index in [9.17, 15) is 13.2 Å². The molecule has 26 heavy (non-hydrogen) atoms. The molecule has 3 aromatic rings. The summed E-state index contributed by atoms with van der Waals surface area (Å²) in [6.07, 6.45) is -1.50. The smallest absolute Gasteiger partial charge is 0.416 e. The van der Waals surface area contributed by atoms with Crippen molar-refractivity contribution in [1.29, 1.82) is 0 Å². The molecule has 1 N–H and O–H groups in total. The van der Waals surface area contributed by atoms with E-state index in [2.05, 4.69) is 10.3 Å². The van der Waals surface area contributed by atoms with Crippen LogP contribution in [0.4, 0.5) is 18.9 Å². The van der Waals surface area contributed by atoms with Gasteiger partial charge < -0.3 is 10.1 Å². The maximum Gasteiger partial charge on any atom is 0.416 e. The molecule has 0 unspecified atom stereocenters. The third kappa shape index (κ3) is 4.89. The summed E-state index contributed by atoms with van der Waals surface area (Å²) in [5.41, 5.74) is 0.343. The number of alkyl halides is 3. The van der Waals surface area contributed by atoms with Crippen molar-refractivity contribution >= 4 is 17.3 Å². The average Bonchev–Trinajstić information content (AvgIpc) is 2.60. The normalized spacial score (nSPS) is 11.2. The van der Waals surface area contributed by atoms with Crippen LogP contribution in [0.15, 0.2) is 67.0 Å². The summed E-state index contributed by atoms with van der Waals surface area (Å²) in [5.74, 6) is 0.425. The number of ether oxygens (including phenoxy) is 1. The number of anilines is 1. The van der Waals surface area contributed by atoms with Crippen molar-refractivity contribution in [2.75, 3.05) is 5.32 Å². The molecule has 0 aliphatic heterocycles. The van der Waals surface area contributed by atoms with Gasteiger partial charge >= 0.3 is 6.18 Å². The first kappa shape index (κ1) is 18.1. The molecule has 0 bridgehead atoms. The van der Waals surface area contributed by atoms with Crippen molar-refractivity contribution in [3.05, 3.63) is 83.1 Å². The third-order valence-corrected chi connectivity index (χ3v) is 3.72. The highest BCUT2D eigenvalue weighted by molar-refractivity contribution is 6.30. The van der Waals surface area contributed by atoms with Gasteiger partial charge in [0.2, 0.25) is 0 Å². The summed E-state index contributed by atoms with van der Waals surface area (Å²) in [4.78, 5) is 3.88. The second-order valence-electron chi connectivity index (χ2n) is 5.52. The number of aromatic nitrogens is 1. The molecule has 0 amide bonds. The molecule has 0 saturated carbocycles. The topological polar surface area (TPSA) is 34.1 Å².